The number of aromatic nitrogens is 1. The van der Waals surface area contributed by atoms with Crippen LogP contribution in [0.2, 0.25) is 0 Å². The third-order valence-corrected chi connectivity index (χ3v) is 1.68. The van der Waals surface area contributed by atoms with E-state index in [4.69, 9.17) is 0 Å². The zero-order valence-electron chi connectivity index (χ0n) is 6.63. The minimum atomic E-state index is -0.426. The van der Waals surface area contributed by atoms with E-state index >= 15 is 0 Å². The Hall–Kier alpha value is -0.960. The smallest absolute Gasteiger partial charge is 0.213 e. The Morgan fingerprint density at radius 3 is 2.91 bits per heavy atom. The maximum absolute atomic E-state index is 12.5. The molecule has 1 N–H and O–H groups in total. The fraction of sp³-hybridized carbons (Fsp3) is 0.375. The largest absolute Gasteiger partial charge is 0.313 e. The molecule has 2 nitrogen and oxygen atoms in total. The quantitative estimate of drug-likeness (QED) is 0.653. The predicted octanol–water partition coefficient (Wildman–Crippen LogP) is 1.50. The molecule has 0 aromatic carbocycles. The zero-order chi connectivity index (χ0) is 8.27. The van der Waals surface area contributed by atoms with Gasteiger partial charge in [-0.3, -0.25) is 0 Å². The molecule has 0 bridgehead atoms. The summed E-state index contributed by atoms with van der Waals surface area (Å²) < 4.78 is 12.5. The van der Waals surface area contributed by atoms with E-state index in [-0.39, 0.29) is 6.04 Å². The van der Waals surface area contributed by atoms with Crippen molar-refractivity contribution in [3.05, 3.63) is 29.8 Å². The Kier molecular flexibility index (Phi) is 2.54. The lowest BCUT2D eigenvalue weighted by molar-refractivity contribution is 0.571. The van der Waals surface area contributed by atoms with E-state index in [9.17, 15) is 4.39 Å². The molecule has 0 saturated heterocycles. The van der Waals surface area contributed by atoms with Crippen LogP contribution in [-0.2, 0) is 0 Å². The molecule has 3 heteroatoms. The van der Waals surface area contributed by atoms with Gasteiger partial charge in [-0.05, 0) is 31.7 Å². The lowest BCUT2D eigenvalue weighted by Crippen LogP contribution is -2.12. The summed E-state index contributed by atoms with van der Waals surface area (Å²) in [4.78, 5) is 3.46. The summed E-state index contributed by atoms with van der Waals surface area (Å²) in [6.45, 7) is 1.97. The summed E-state index contributed by atoms with van der Waals surface area (Å²) in [6.07, 6.45) is 1.47. The molecule has 1 rings (SSSR count). The van der Waals surface area contributed by atoms with Crippen molar-refractivity contribution < 1.29 is 4.39 Å². The van der Waals surface area contributed by atoms with Crippen molar-refractivity contribution in [3.8, 4) is 0 Å². The molecular formula is C8H11FN2. The second kappa shape index (κ2) is 3.44. The van der Waals surface area contributed by atoms with Crippen LogP contribution in [-0.4, -0.2) is 12.0 Å². The second-order valence-corrected chi connectivity index (χ2v) is 2.42. The molecule has 60 valence electrons. The molecule has 0 aliphatic heterocycles. The van der Waals surface area contributed by atoms with Gasteiger partial charge in [0.05, 0.1) is 0 Å². The predicted molar refractivity (Wildman–Crippen MR) is 41.7 cm³/mol. The van der Waals surface area contributed by atoms with Gasteiger partial charge in [0, 0.05) is 12.2 Å². The van der Waals surface area contributed by atoms with Crippen molar-refractivity contribution in [2.24, 2.45) is 0 Å². The zero-order valence-corrected chi connectivity index (χ0v) is 6.63. The van der Waals surface area contributed by atoms with Gasteiger partial charge in [0.2, 0.25) is 5.95 Å². The van der Waals surface area contributed by atoms with E-state index < -0.39 is 5.95 Å². The monoisotopic (exact) mass is 154 g/mol. The van der Waals surface area contributed by atoms with Gasteiger partial charge in [-0.1, -0.05) is 0 Å². The normalized spacial score (nSPS) is 13.0. The van der Waals surface area contributed by atoms with Crippen LogP contribution in [0.15, 0.2) is 18.3 Å². The minimum Gasteiger partial charge on any atom is -0.313 e. The summed E-state index contributed by atoms with van der Waals surface area (Å²) in [7, 11) is 1.84. The van der Waals surface area contributed by atoms with Crippen molar-refractivity contribution in [2.45, 2.75) is 13.0 Å². The van der Waals surface area contributed by atoms with Gasteiger partial charge in [0.25, 0.3) is 0 Å². The van der Waals surface area contributed by atoms with Crippen LogP contribution in [0.25, 0.3) is 0 Å². The number of hydrogen-bond acceptors (Lipinski definition) is 2. The molecule has 0 radical (unpaired) electrons. The molecule has 11 heavy (non-hydrogen) atoms. The molecule has 1 aromatic rings. The van der Waals surface area contributed by atoms with E-state index in [0.717, 1.165) is 5.56 Å². The molecule has 0 saturated carbocycles. The summed E-state index contributed by atoms with van der Waals surface area (Å²) in [5.74, 6) is -0.426. The van der Waals surface area contributed by atoms with Crippen LogP contribution in [0, 0.1) is 5.95 Å². The van der Waals surface area contributed by atoms with E-state index in [0.29, 0.717) is 0 Å². The van der Waals surface area contributed by atoms with Gasteiger partial charge >= 0.3 is 0 Å². The average Bonchev–Trinajstić information content (AvgIpc) is 2.03. The fourth-order valence-electron chi connectivity index (χ4n) is 0.853. The summed E-state index contributed by atoms with van der Waals surface area (Å²) in [5.41, 5.74) is 0.917. The highest BCUT2D eigenvalue weighted by Gasteiger charge is 2.02. The van der Waals surface area contributed by atoms with Crippen LogP contribution in [0.5, 0.6) is 0 Å². The average molecular weight is 154 g/mol. The Morgan fingerprint density at radius 2 is 2.36 bits per heavy atom. The van der Waals surface area contributed by atoms with Crippen LogP contribution in [0.1, 0.15) is 18.5 Å². The number of pyridine rings is 1. The maximum atomic E-state index is 12.5. The van der Waals surface area contributed by atoms with Crippen LogP contribution < -0.4 is 5.32 Å². The number of nitrogens with one attached hydrogen (secondary N) is 1. The lowest BCUT2D eigenvalue weighted by atomic mass is 10.1. The highest BCUT2D eigenvalue weighted by molar-refractivity contribution is 5.14. The van der Waals surface area contributed by atoms with Crippen LogP contribution in [0.4, 0.5) is 4.39 Å². The van der Waals surface area contributed by atoms with Crippen molar-refractivity contribution in [1.82, 2.24) is 10.3 Å². The van der Waals surface area contributed by atoms with Crippen LogP contribution >= 0.6 is 0 Å². The van der Waals surface area contributed by atoms with Crippen molar-refractivity contribution >= 4 is 0 Å². The van der Waals surface area contributed by atoms with Crippen molar-refractivity contribution in [2.75, 3.05) is 7.05 Å². The van der Waals surface area contributed by atoms with E-state index in [1.54, 1.807) is 6.07 Å². The Labute approximate surface area is 65.5 Å². The molecule has 0 aliphatic carbocycles. The minimum absolute atomic E-state index is 0.174. The molecule has 0 spiro atoms. The first-order valence-corrected chi connectivity index (χ1v) is 3.52. The Balaban J connectivity index is 2.86. The van der Waals surface area contributed by atoms with Gasteiger partial charge in [-0.25, -0.2) is 4.98 Å². The van der Waals surface area contributed by atoms with Gasteiger partial charge in [0.1, 0.15) is 0 Å². The van der Waals surface area contributed by atoms with Crippen molar-refractivity contribution in [3.63, 3.8) is 0 Å². The first-order valence-electron chi connectivity index (χ1n) is 3.52. The number of rotatable bonds is 2. The molecule has 0 unspecified atom stereocenters. The number of hydrogen-bond donors (Lipinski definition) is 1. The van der Waals surface area contributed by atoms with Gasteiger partial charge in [-0.15, -0.1) is 0 Å². The molecule has 1 heterocycles. The Morgan fingerprint density at radius 1 is 1.64 bits per heavy atom. The molecule has 1 atom stereocenters. The topological polar surface area (TPSA) is 24.9 Å². The maximum Gasteiger partial charge on any atom is 0.213 e. The summed E-state index contributed by atoms with van der Waals surface area (Å²) in [6, 6.07) is 3.40. The molecule has 1 aromatic heterocycles. The number of halogens is 1. The standard InChI is InChI=1S/C8H11FN2/c1-6(10-2)7-3-4-11-8(9)5-7/h3-6,10H,1-2H3/t6-/m1/s1. The number of nitrogens with zero attached hydrogens (tertiary/aromatic N) is 1. The second-order valence-electron chi connectivity index (χ2n) is 2.42. The van der Waals surface area contributed by atoms with Crippen LogP contribution in [0.3, 0.4) is 0 Å². The summed E-state index contributed by atoms with van der Waals surface area (Å²) in [5, 5.41) is 3.01. The molecular weight excluding hydrogens is 143 g/mol. The van der Waals surface area contributed by atoms with E-state index in [2.05, 4.69) is 10.3 Å². The highest BCUT2D eigenvalue weighted by atomic mass is 19.1. The Bertz CT molecular complexity index is 237. The van der Waals surface area contributed by atoms with Crippen molar-refractivity contribution in [1.29, 1.82) is 0 Å². The lowest BCUT2D eigenvalue weighted by Gasteiger charge is -2.08. The fourth-order valence-corrected chi connectivity index (χ4v) is 0.853. The van der Waals surface area contributed by atoms with Gasteiger partial charge in [0.15, 0.2) is 0 Å². The first kappa shape index (κ1) is 8.14. The molecule has 0 amide bonds. The van der Waals surface area contributed by atoms with Gasteiger partial charge < -0.3 is 5.32 Å². The van der Waals surface area contributed by atoms with E-state index in [1.807, 2.05) is 14.0 Å². The first-order chi connectivity index (χ1) is 5.24. The van der Waals surface area contributed by atoms with E-state index in [1.165, 1.54) is 12.3 Å². The highest BCUT2D eigenvalue weighted by Crippen LogP contribution is 2.10. The third kappa shape index (κ3) is 1.98. The van der Waals surface area contributed by atoms with Gasteiger partial charge in [-0.2, -0.15) is 4.39 Å². The molecule has 0 fully saturated rings. The third-order valence-electron chi connectivity index (χ3n) is 1.68. The summed E-state index contributed by atoms with van der Waals surface area (Å²) >= 11 is 0. The molecule has 0 aliphatic rings. The SMILES string of the molecule is CN[C@H](C)c1ccnc(F)c1.